The second-order valence-corrected chi connectivity index (χ2v) is 8.89. The van der Waals surface area contributed by atoms with Gasteiger partial charge in [0.2, 0.25) is 0 Å². The van der Waals surface area contributed by atoms with Crippen LogP contribution in [0, 0.1) is 5.92 Å². The van der Waals surface area contributed by atoms with Crippen molar-refractivity contribution in [1.29, 1.82) is 0 Å². The summed E-state index contributed by atoms with van der Waals surface area (Å²) in [5.41, 5.74) is 0.355. The molecule has 0 spiro atoms. The molecule has 2 atom stereocenters. The Morgan fingerprint density at radius 2 is 1.67 bits per heavy atom. The molecule has 3 rings (SSSR count). The molecule has 0 N–H and O–H groups in total. The van der Waals surface area contributed by atoms with E-state index in [1.54, 1.807) is 0 Å². The number of fused-ring (bicyclic) bond motifs is 2. The molecule has 0 aromatic carbocycles. The SMILES string of the molecule is CC(C)N1CCC(CN2CC3CC2CN3C(C)(C)C)CC1. The number of hydrogen-bond donors (Lipinski definition) is 0. The largest absolute Gasteiger partial charge is 0.301 e. The van der Waals surface area contributed by atoms with Crippen LogP contribution in [0.25, 0.3) is 0 Å². The lowest BCUT2D eigenvalue weighted by molar-refractivity contribution is 0.0425. The van der Waals surface area contributed by atoms with E-state index in [-0.39, 0.29) is 0 Å². The van der Waals surface area contributed by atoms with E-state index in [0.29, 0.717) is 5.54 Å². The maximum absolute atomic E-state index is 2.82. The number of piperidine rings is 1. The van der Waals surface area contributed by atoms with Gasteiger partial charge in [-0.15, -0.1) is 0 Å². The first-order chi connectivity index (χ1) is 9.84. The van der Waals surface area contributed by atoms with Crippen molar-refractivity contribution < 1.29 is 0 Å². The zero-order valence-corrected chi connectivity index (χ0v) is 14.8. The first kappa shape index (κ1) is 15.8. The molecular weight excluding hydrogens is 258 g/mol. The highest BCUT2D eigenvalue weighted by Gasteiger charge is 2.46. The van der Waals surface area contributed by atoms with E-state index in [0.717, 1.165) is 24.0 Å². The summed E-state index contributed by atoms with van der Waals surface area (Å²) in [5, 5.41) is 0. The van der Waals surface area contributed by atoms with Crippen molar-refractivity contribution in [3.8, 4) is 0 Å². The average molecular weight is 293 g/mol. The van der Waals surface area contributed by atoms with Gasteiger partial charge in [-0.2, -0.15) is 0 Å². The molecule has 0 aromatic rings. The molecule has 2 unspecified atom stereocenters. The van der Waals surface area contributed by atoms with Gasteiger partial charge >= 0.3 is 0 Å². The van der Waals surface area contributed by atoms with E-state index >= 15 is 0 Å². The Kier molecular flexibility index (Phi) is 4.37. The number of hydrogen-bond acceptors (Lipinski definition) is 3. The summed E-state index contributed by atoms with van der Waals surface area (Å²) in [7, 11) is 0. The standard InChI is InChI=1S/C18H35N3/c1-14(2)19-8-6-15(7-9-19)11-20-12-17-10-16(20)13-21(17)18(3,4)5/h14-17H,6-13H2,1-5H3. The molecule has 0 aliphatic carbocycles. The number of nitrogens with zero attached hydrogens (tertiary/aromatic N) is 3. The Labute approximate surface area is 131 Å². The van der Waals surface area contributed by atoms with Gasteiger partial charge in [-0.25, -0.2) is 0 Å². The minimum atomic E-state index is 0.355. The molecule has 3 aliphatic heterocycles. The fraction of sp³-hybridized carbons (Fsp3) is 1.00. The van der Waals surface area contributed by atoms with Crippen LogP contribution < -0.4 is 0 Å². The van der Waals surface area contributed by atoms with Crippen LogP contribution in [0.4, 0.5) is 0 Å². The van der Waals surface area contributed by atoms with Crippen LogP contribution in [0.3, 0.4) is 0 Å². The van der Waals surface area contributed by atoms with Crippen molar-refractivity contribution in [3.63, 3.8) is 0 Å². The monoisotopic (exact) mass is 293 g/mol. The third-order valence-electron chi connectivity index (χ3n) is 6.09. The van der Waals surface area contributed by atoms with Crippen molar-refractivity contribution in [2.45, 2.75) is 77.5 Å². The minimum Gasteiger partial charge on any atom is -0.301 e. The van der Waals surface area contributed by atoms with Crippen LogP contribution in [-0.2, 0) is 0 Å². The summed E-state index contributed by atoms with van der Waals surface area (Å²) in [5.74, 6) is 0.947. The molecule has 3 heteroatoms. The molecule has 3 fully saturated rings. The summed E-state index contributed by atoms with van der Waals surface area (Å²) >= 11 is 0. The van der Waals surface area contributed by atoms with E-state index in [9.17, 15) is 0 Å². The lowest BCUT2D eigenvalue weighted by atomic mass is 9.95. The molecule has 3 heterocycles. The van der Waals surface area contributed by atoms with E-state index < -0.39 is 0 Å². The molecule has 3 saturated heterocycles. The Balaban J connectivity index is 1.47. The maximum Gasteiger partial charge on any atom is 0.0244 e. The summed E-state index contributed by atoms with van der Waals surface area (Å²) in [4.78, 5) is 8.21. The van der Waals surface area contributed by atoms with Crippen LogP contribution >= 0.6 is 0 Å². The predicted octanol–water partition coefficient (Wildman–Crippen LogP) is 2.66. The molecule has 0 radical (unpaired) electrons. The van der Waals surface area contributed by atoms with Gasteiger partial charge in [-0.05, 0) is 72.9 Å². The quantitative estimate of drug-likeness (QED) is 0.792. The summed E-state index contributed by atoms with van der Waals surface area (Å²) in [6.45, 7) is 18.4. The van der Waals surface area contributed by atoms with Crippen LogP contribution in [0.5, 0.6) is 0 Å². The van der Waals surface area contributed by atoms with Gasteiger partial charge in [0.1, 0.15) is 0 Å². The molecule has 2 bridgehead atoms. The van der Waals surface area contributed by atoms with E-state index in [1.807, 2.05) is 0 Å². The minimum absolute atomic E-state index is 0.355. The Morgan fingerprint density at radius 1 is 1.00 bits per heavy atom. The lowest BCUT2D eigenvalue weighted by Crippen LogP contribution is -2.54. The van der Waals surface area contributed by atoms with Gasteiger partial charge < -0.3 is 4.90 Å². The zero-order chi connectivity index (χ0) is 15.2. The fourth-order valence-corrected chi connectivity index (χ4v) is 4.78. The average Bonchev–Trinajstić information content (AvgIpc) is 2.98. The Hall–Kier alpha value is -0.120. The van der Waals surface area contributed by atoms with Crippen LogP contribution in [0.1, 0.15) is 53.9 Å². The van der Waals surface area contributed by atoms with Crippen LogP contribution in [0.15, 0.2) is 0 Å². The topological polar surface area (TPSA) is 9.72 Å². The van der Waals surface area contributed by atoms with Crippen molar-refractivity contribution in [3.05, 3.63) is 0 Å². The normalized spacial score (nSPS) is 33.4. The summed E-state index contributed by atoms with van der Waals surface area (Å²) in [6, 6.07) is 2.40. The van der Waals surface area contributed by atoms with Gasteiger partial charge in [-0.1, -0.05) is 0 Å². The molecular formula is C18H35N3. The van der Waals surface area contributed by atoms with Crippen molar-refractivity contribution in [2.75, 3.05) is 32.7 Å². The first-order valence-corrected chi connectivity index (χ1v) is 9.09. The van der Waals surface area contributed by atoms with Gasteiger partial charge in [0, 0.05) is 43.3 Å². The summed E-state index contributed by atoms with van der Waals surface area (Å²) < 4.78 is 0. The van der Waals surface area contributed by atoms with Crippen LogP contribution in [-0.4, -0.2) is 71.1 Å². The van der Waals surface area contributed by atoms with E-state index in [1.165, 1.54) is 52.0 Å². The van der Waals surface area contributed by atoms with Crippen molar-refractivity contribution >= 4 is 0 Å². The lowest BCUT2D eigenvalue weighted by Gasteiger charge is -2.43. The maximum atomic E-state index is 2.82. The highest BCUT2D eigenvalue weighted by molar-refractivity contribution is 5.03. The molecule has 0 saturated carbocycles. The van der Waals surface area contributed by atoms with E-state index in [2.05, 4.69) is 49.3 Å². The number of rotatable bonds is 3. The molecule has 21 heavy (non-hydrogen) atoms. The number of likely N-dealkylation sites (tertiary alicyclic amines) is 3. The van der Waals surface area contributed by atoms with Gasteiger partial charge in [0.05, 0.1) is 0 Å². The Morgan fingerprint density at radius 3 is 2.14 bits per heavy atom. The third-order valence-corrected chi connectivity index (χ3v) is 6.09. The summed E-state index contributed by atoms with van der Waals surface area (Å²) in [6.07, 6.45) is 4.24. The van der Waals surface area contributed by atoms with Gasteiger partial charge in [0.15, 0.2) is 0 Å². The van der Waals surface area contributed by atoms with Crippen molar-refractivity contribution in [2.24, 2.45) is 5.92 Å². The zero-order valence-electron chi connectivity index (χ0n) is 14.8. The predicted molar refractivity (Wildman–Crippen MR) is 89.7 cm³/mol. The van der Waals surface area contributed by atoms with E-state index in [4.69, 9.17) is 0 Å². The highest BCUT2D eigenvalue weighted by Crippen LogP contribution is 2.36. The second kappa shape index (κ2) is 5.82. The fourth-order valence-electron chi connectivity index (χ4n) is 4.78. The van der Waals surface area contributed by atoms with Gasteiger partial charge in [0.25, 0.3) is 0 Å². The third kappa shape index (κ3) is 3.30. The van der Waals surface area contributed by atoms with Crippen molar-refractivity contribution in [1.82, 2.24) is 14.7 Å². The first-order valence-electron chi connectivity index (χ1n) is 9.09. The second-order valence-electron chi connectivity index (χ2n) is 8.89. The molecule has 122 valence electrons. The number of piperazine rings is 1. The van der Waals surface area contributed by atoms with Gasteiger partial charge in [-0.3, -0.25) is 9.80 Å². The molecule has 3 aliphatic rings. The highest BCUT2D eigenvalue weighted by atomic mass is 15.4. The molecule has 0 amide bonds. The smallest absolute Gasteiger partial charge is 0.0244 e. The Bertz CT molecular complexity index is 352. The molecule has 0 aromatic heterocycles. The molecule has 3 nitrogen and oxygen atoms in total. The van der Waals surface area contributed by atoms with Crippen LogP contribution in [0.2, 0.25) is 0 Å².